The van der Waals surface area contributed by atoms with E-state index in [2.05, 4.69) is 25.9 Å². The zero-order chi connectivity index (χ0) is 29.2. The van der Waals surface area contributed by atoms with Gasteiger partial charge in [0.2, 0.25) is 17.7 Å². The van der Waals surface area contributed by atoms with E-state index in [1.54, 1.807) is 6.07 Å². The Morgan fingerprint density at radius 2 is 1.56 bits per heavy atom. The fourth-order valence-corrected chi connectivity index (χ4v) is 3.98. The third-order valence-electron chi connectivity index (χ3n) is 5.65. The maximum absolute atomic E-state index is 13.2. The lowest BCUT2D eigenvalue weighted by Crippen LogP contribution is -2.54. The molecule has 1 rings (SSSR count). The molecule has 1 aromatic carbocycles. The molecule has 0 aliphatic carbocycles. The van der Waals surface area contributed by atoms with Gasteiger partial charge in [-0.3, -0.25) is 24.4 Å². The van der Waals surface area contributed by atoms with Gasteiger partial charge in [-0.1, -0.05) is 37.6 Å². The van der Waals surface area contributed by atoms with Crippen LogP contribution in [-0.2, 0) is 20.8 Å². The maximum atomic E-state index is 13.2. The van der Waals surface area contributed by atoms with Crippen molar-refractivity contribution in [3.05, 3.63) is 34.9 Å². The first-order chi connectivity index (χ1) is 18.5. The van der Waals surface area contributed by atoms with Gasteiger partial charge in [0.25, 0.3) is 0 Å². The number of aliphatic imine (C=N–C) groups is 2. The van der Waals surface area contributed by atoms with Crippen LogP contribution in [0.3, 0.4) is 0 Å². The van der Waals surface area contributed by atoms with Crippen molar-refractivity contribution in [2.45, 2.75) is 70.9 Å². The summed E-state index contributed by atoms with van der Waals surface area (Å²) < 4.78 is 0. The van der Waals surface area contributed by atoms with Crippen molar-refractivity contribution in [3.63, 3.8) is 0 Å². The van der Waals surface area contributed by atoms with Crippen molar-refractivity contribution in [3.8, 4) is 0 Å². The van der Waals surface area contributed by atoms with E-state index >= 15 is 0 Å². The lowest BCUT2D eigenvalue weighted by molar-refractivity contribution is -0.132. The average molecular weight is 566 g/mol. The number of nitrogens with two attached hydrogens (primary N) is 4. The molecule has 0 saturated heterocycles. The average Bonchev–Trinajstić information content (AvgIpc) is 2.84. The zero-order valence-electron chi connectivity index (χ0n) is 22.9. The first-order valence-corrected chi connectivity index (χ1v) is 13.6. The van der Waals surface area contributed by atoms with E-state index in [1.165, 1.54) is 0 Å². The molecule has 13 heteroatoms. The van der Waals surface area contributed by atoms with Crippen molar-refractivity contribution in [1.82, 2.24) is 16.0 Å². The lowest BCUT2D eigenvalue weighted by atomic mass is 10.0. The Bertz CT molecular complexity index is 977. The Morgan fingerprint density at radius 1 is 0.897 bits per heavy atom. The number of hydrogen-bond acceptors (Lipinski definition) is 5. The topological polar surface area (TPSA) is 216 Å². The summed E-state index contributed by atoms with van der Waals surface area (Å²) in [7, 11) is 0. The van der Waals surface area contributed by atoms with Gasteiger partial charge in [-0.2, -0.15) is 0 Å². The molecule has 0 radical (unpaired) electrons. The summed E-state index contributed by atoms with van der Waals surface area (Å²) in [6.07, 6.45) is 3.18. The van der Waals surface area contributed by atoms with E-state index < -0.39 is 18.0 Å². The molecule has 1 aromatic rings. The number of carbonyl (C=O) groups is 3. The van der Waals surface area contributed by atoms with E-state index in [0.29, 0.717) is 63.2 Å². The second kappa shape index (κ2) is 18.7. The molecule has 39 heavy (non-hydrogen) atoms. The van der Waals surface area contributed by atoms with Crippen molar-refractivity contribution in [2.24, 2.45) is 38.8 Å². The van der Waals surface area contributed by atoms with Gasteiger partial charge < -0.3 is 38.9 Å². The summed E-state index contributed by atoms with van der Waals surface area (Å²) in [6, 6.07) is 5.82. The Labute approximate surface area is 235 Å². The minimum Gasteiger partial charge on any atom is -0.370 e. The molecule has 0 saturated carbocycles. The Morgan fingerprint density at radius 3 is 2.18 bits per heavy atom. The lowest BCUT2D eigenvalue weighted by Gasteiger charge is -2.24. The molecule has 0 aromatic heterocycles. The van der Waals surface area contributed by atoms with Gasteiger partial charge in [-0.25, -0.2) is 0 Å². The molecule has 0 aliphatic heterocycles. The molecule has 12 nitrogen and oxygen atoms in total. The quantitative estimate of drug-likeness (QED) is 0.0759. The molecule has 0 spiro atoms. The fourth-order valence-electron chi connectivity index (χ4n) is 3.77. The Balaban J connectivity index is 2.78. The molecule has 3 amide bonds. The molecule has 2 atom stereocenters. The highest BCUT2D eigenvalue weighted by Gasteiger charge is 2.27. The van der Waals surface area contributed by atoms with Crippen LogP contribution in [0, 0.1) is 5.92 Å². The number of nitrogens with zero attached hydrogens (tertiary/aromatic N) is 2. The van der Waals surface area contributed by atoms with E-state index in [1.807, 2.05) is 32.0 Å². The van der Waals surface area contributed by atoms with Gasteiger partial charge in [0.05, 0.1) is 0 Å². The third-order valence-corrected chi connectivity index (χ3v) is 5.88. The molecular weight excluding hydrogens is 522 g/mol. The standard InChI is InChI=1S/C26H44ClN9O3/c1-17(2)15-21(23(38)32-14-11-18-7-5-8-19(27)16-18)36-24(39)20(9-6-13-34-26(30)31)35-22(37)10-3-4-12-33-25(28)29/h5,7-8,16-17,20-21H,3-4,6,9-15H2,1-2H3,(H,32,38)(H,35,37)(H,36,39)(H4,28,29,33)(H4,30,31,34)/t20-,21-/m0/s1. The smallest absolute Gasteiger partial charge is 0.243 e. The van der Waals surface area contributed by atoms with E-state index in [9.17, 15) is 14.4 Å². The Hall–Kier alpha value is -3.54. The minimum atomic E-state index is -0.849. The van der Waals surface area contributed by atoms with Crippen LogP contribution in [0.5, 0.6) is 0 Å². The summed E-state index contributed by atoms with van der Waals surface area (Å²) >= 11 is 6.03. The van der Waals surface area contributed by atoms with Crippen LogP contribution >= 0.6 is 11.6 Å². The highest BCUT2D eigenvalue weighted by atomic mass is 35.5. The van der Waals surface area contributed by atoms with E-state index in [4.69, 9.17) is 34.5 Å². The first-order valence-electron chi connectivity index (χ1n) is 13.2. The summed E-state index contributed by atoms with van der Waals surface area (Å²) in [5.41, 5.74) is 22.4. The molecule has 11 N–H and O–H groups in total. The van der Waals surface area contributed by atoms with E-state index in [-0.39, 0.29) is 36.1 Å². The number of hydrogen-bond donors (Lipinski definition) is 7. The van der Waals surface area contributed by atoms with Gasteiger partial charge >= 0.3 is 0 Å². The van der Waals surface area contributed by atoms with Gasteiger partial charge in [0.15, 0.2) is 11.9 Å². The monoisotopic (exact) mass is 565 g/mol. The number of halogens is 1. The molecule has 0 heterocycles. The van der Waals surface area contributed by atoms with Crippen molar-refractivity contribution in [2.75, 3.05) is 19.6 Å². The van der Waals surface area contributed by atoms with Crippen LogP contribution < -0.4 is 38.9 Å². The summed E-state index contributed by atoms with van der Waals surface area (Å²) in [5.74, 6) is -0.913. The van der Waals surface area contributed by atoms with Gasteiger partial charge in [0, 0.05) is 31.1 Å². The number of benzene rings is 1. The number of nitrogens with one attached hydrogen (secondary N) is 3. The van der Waals surface area contributed by atoms with Crippen LogP contribution in [0.4, 0.5) is 0 Å². The van der Waals surface area contributed by atoms with Crippen LogP contribution in [0.25, 0.3) is 0 Å². The van der Waals surface area contributed by atoms with Gasteiger partial charge in [0.1, 0.15) is 12.1 Å². The van der Waals surface area contributed by atoms with Crippen LogP contribution in [0.1, 0.15) is 57.9 Å². The van der Waals surface area contributed by atoms with Gasteiger partial charge in [-0.05, 0) is 62.1 Å². The van der Waals surface area contributed by atoms with Crippen molar-refractivity contribution in [1.29, 1.82) is 0 Å². The number of guanidine groups is 2. The molecule has 0 unspecified atom stereocenters. The third kappa shape index (κ3) is 16.1. The molecule has 0 aliphatic rings. The van der Waals surface area contributed by atoms with Crippen LogP contribution in [0.15, 0.2) is 34.3 Å². The molecular formula is C26H44ClN9O3. The summed E-state index contributed by atoms with van der Waals surface area (Å²) in [5, 5.41) is 9.14. The SMILES string of the molecule is CC(C)C[C@H](NC(=O)[C@H](CCCN=C(N)N)NC(=O)CCCCN=C(N)N)C(=O)NCCc1cccc(Cl)c1. The predicted molar refractivity (Wildman–Crippen MR) is 156 cm³/mol. The highest BCUT2D eigenvalue weighted by Crippen LogP contribution is 2.11. The van der Waals surface area contributed by atoms with Crippen molar-refractivity contribution >= 4 is 41.2 Å². The zero-order valence-corrected chi connectivity index (χ0v) is 23.7. The number of amides is 3. The van der Waals surface area contributed by atoms with Gasteiger partial charge in [-0.15, -0.1) is 0 Å². The maximum Gasteiger partial charge on any atom is 0.243 e. The summed E-state index contributed by atoms with van der Waals surface area (Å²) in [4.78, 5) is 46.6. The highest BCUT2D eigenvalue weighted by molar-refractivity contribution is 6.30. The molecule has 0 fully saturated rings. The van der Waals surface area contributed by atoms with E-state index in [0.717, 1.165) is 5.56 Å². The largest absolute Gasteiger partial charge is 0.370 e. The predicted octanol–water partition coefficient (Wildman–Crippen LogP) is 0.512. The number of unbranched alkanes of at least 4 members (excludes halogenated alkanes) is 1. The summed E-state index contributed by atoms with van der Waals surface area (Å²) in [6.45, 7) is 5.05. The Kier molecular flexibility index (Phi) is 16.0. The van der Waals surface area contributed by atoms with Crippen molar-refractivity contribution < 1.29 is 14.4 Å². The minimum absolute atomic E-state index is 0.00131. The second-order valence-corrected chi connectivity index (χ2v) is 10.1. The van der Waals surface area contributed by atoms with Crippen LogP contribution in [-0.4, -0.2) is 61.4 Å². The van der Waals surface area contributed by atoms with Crippen LogP contribution in [0.2, 0.25) is 5.02 Å². The molecule has 0 bridgehead atoms. The number of rotatable bonds is 18. The first kappa shape index (κ1) is 33.5. The fraction of sp³-hybridized carbons (Fsp3) is 0.577. The number of carbonyl (C=O) groups excluding carboxylic acids is 3. The second-order valence-electron chi connectivity index (χ2n) is 9.69. The normalized spacial score (nSPS) is 12.2. The molecule has 218 valence electrons.